The molecule has 1 N–H and O–H groups in total. The summed E-state index contributed by atoms with van der Waals surface area (Å²) in [5.41, 5.74) is 3.40. The van der Waals surface area contributed by atoms with Gasteiger partial charge in [-0.2, -0.15) is 0 Å². The van der Waals surface area contributed by atoms with Crippen LogP contribution < -0.4 is 10.1 Å². The highest BCUT2D eigenvalue weighted by molar-refractivity contribution is 6.30. The summed E-state index contributed by atoms with van der Waals surface area (Å²) < 4.78 is 5.55. The first-order valence-electron chi connectivity index (χ1n) is 6.91. The monoisotopic (exact) mass is 299 g/mol. The number of anilines is 1. The molecule has 0 amide bonds. The Morgan fingerprint density at radius 2 is 2.00 bits per heavy atom. The summed E-state index contributed by atoms with van der Waals surface area (Å²) in [6.07, 6.45) is 6.23. The predicted molar refractivity (Wildman–Crippen MR) is 88.9 cm³/mol. The summed E-state index contributed by atoms with van der Waals surface area (Å²) in [7, 11) is 0. The normalized spacial score (nSPS) is 9.95. The molecule has 0 aliphatic rings. The quantitative estimate of drug-likeness (QED) is 0.792. The van der Waals surface area contributed by atoms with Crippen molar-refractivity contribution in [1.82, 2.24) is 0 Å². The first-order chi connectivity index (χ1) is 10.2. The maximum atomic E-state index is 6.07. The lowest BCUT2D eigenvalue weighted by Gasteiger charge is -2.14. The summed E-state index contributed by atoms with van der Waals surface area (Å²) in [5, 5.41) is 4.12. The first kappa shape index (κ1) is 15.3. The van der Waals surface area contributed by atoms with Gasteiger partial charge in [-0.3, -0.25) is 0 Å². The second kappa shape index (κ2) is 7.61. The molecule has 0 unspecified atom stereocenters. The van der Waals surface area contributed by atoms with Gasteiger partial charge in [0.25, 0.3) is 0 Å². The summed E-state index contributed by atoms with van der Waals surface area (Å²) in [6.45, 7) is 3.03. The number of ether oxygens (including phenoxy) is 1. The van der Waals surface area contributed by atoms with Crippen LogP contribution in [0.15, 0.2) is 42.5 Å². The van der Waals surface area contributed by atoms with Crippen molar-refractivity contribution >= 4 is 17.3 Å². The highest BCUT2D eigenvalue weighted by atomic mass is 35.5. The predicted octanol–water partition coefficient (Wildman–Crippen LogP) is 4.53. The summed E-state index contributed by atoms with van der Waals surface area (Å²) >= 11 is 6.07. The molecular weight excluding hydrogens is 282 g/mol. The lowest BCUT2D eigenvalue weighted by atomic mass is 10.1. The van der Waals surface area contributed by atoms with Gasteiger partial charge in [0.05, 0.1) is 0 Å². The van der Waals surface area contributed by atoms with Crippen molar-refractivity contribution in [2.75, 3.05) is 11.9 Å². The second-order valence-electron chi connectivity index (χ2n) is 4.61. The molecule has 2 rings (SSSR count). The summed E-state index contributed by atoms with van der Waals surface area (Å²) in [4.78, 5) is 0. The highest BCUT2D eigenvalue weighted by Gasteiger charge is 2.06. The summed E-state index contributed by atoms with van der Waals surface area (Å²) in [6, 6.07) is 13.8. The molecule has 0 saturated heterocycles. The van der Waals surface area contributed by atoms with Crippen LogP contribution in [0.5, 0.6) is 5.75 Å². The molecule has 0 radical (unpaired) electrons. The number of hydrogen-bond acceptors (Lipinski definition) is 2. The van der Waals surface area contributed by atoms with Crippen molar-refractivity contribution in [3.05, 3.63) is 58.6 Å². The van der Waals surface area contributed by atoms with E-state index < -0.39 is 0 Å². The van der Waals surface area contributed by atoms with Crippen molar-refractivity contribution in [1.29, 1.82) is 0 Å². The molecule has 0 atom stereocenters. The van der Waals surface area contributed by atoms with Gasteiger partial charge < -0.3 is 10.1 Å². The minimum Gasteiger partial charge on any atom is -0.481 e. The fourth-order valence-electron chi connectivity index (χ4n) is 2.14. The number of halogens is 1. The molecule has 3 heteroatoms. The molecule has 2 aromatic carbocycles. The third-order valence-electron chi connectivity index (χ3n) is 3.20. The minimum absolute atomic E-state index is 0.250. The van der Waals surface area contributed by atoms with Gasteiger partial charge in [-0.15, -0.1) is 6.42 Å². The molecule has 0 heterocycles. The summed E-state index contributed by atoms with van der Waals surface area (Å²) in [5.74, 6) is 3.24. The van der Waals surface area contributed by atoms with E-state index in [4.69, 9.17) is 22.8 Å². The third-order valence-corrected chi connectivity index (χ3v) is 3.44. The van der Waals surface area contributed by atoms with Crippen LogP contribution >= 0.6 is 11.6 Å². The van der Waals surface area contributed by atoms with E-state index >= 15 is 0 Å². The molecule has 21 heavy (non-hydrogen) atoms. The Hall–Kier alpha value is -2.11. The van der Waals surface area contributed by atoms with Crippen LogP contribution in [0.2, 0.25) is 5.02 Å². The Bertz CT molecular complexity index is 646. The Morgan fingerprint density at radius 3 is 2.76 bits per heavy atom. The van der Waals surface area contributed by atoms with Crippen LogP contribution in [0.3, 0.4) is 0 Å². The Kier molecular flexibility index (Phi) is 5.54. The van der Waals surface area contributed by atoms with Crippen molar-refractivity contribution in [2.24, 2.45) is 0 Å². The van der Waals surface area contributed by atoms with Gasteiger partial charge >= 0.3 is 0 Å². The van der Waals surface area contributed by atoms with E-state index in [0.717, 1.165) is 23.4 Å². The maximum absolute atomic E-state index is 6.07. The Balaban J connectivity index is 2.15. The number of benzene rings is 2. The average Bonchev–Trinajstić information content (AvgIpc) is 2.52. The molecule has 0 spiro atoms. The molecule has 0 fully saturated rings. The first-order valence-corrected chi connectivity index (χ1v) is 7.29. The van der Waals surface area contributed by atoms with E-state index in [9.17, 15) is 0 Å². The molecule has 108 valence electrons. The lowest BCUT2D eigenvalue weighted by Crippen LogP contribution is -2.05. The number of terminal acetylenes is 1. The van der Waals surface area contributed by atoms with Crippen LogP contribution in [0.1, 0.15) is 18.1 Å². The zero-order valence-corrected chi connectivity index (χ0v) is 12.8. The lowest BCUT2D eigenvalue weighted by molar-refractivity contribution is 0.366. The van der Waals surface area contributed by atoms with Gasteiger partial charge in [-0.1, -0.05) is 42.6 Å². The van der Waals surface area contributed by atoms with Gasteiger partial charge in [-0.05, 0) is 36.2 Å². The fourth-order valence-corrected chi connectivity index (χ4v) is 2.33. The topological polar surface area (TPSA) is 21.3 Å². The second-order valence-corrected chi connectivity index (χ2v) is 5.05. The van der Waals surface area contributed by atoms with Gasteiger partial charge in [-0.25, -0.2) is 0 Å². The van der Waals surface area contributed by atoms with Gasteiger partial charge in [0.1, 0.15) is 12.4 Å². The van der Waals surface area contributed by atoms with Gasteiger partial charge in [0.15, 0.2) is 0 Å². The molecule has 2 aromatic rings. The van der Waals surface area contributed by atoms with E-state index in [0.29, 0.717) is 11.6 Å². The van der Waals surface area contributed by atoms with Gasteiger partial charge in [0.2, 0.25) is 0 Å². The highest BCUT2D eigenvalue weighted by Crippen LogP contribution is 2.25. The third kappa shape index (κ3) is 4.18. The zero-order valence-electron chi connectivity index (χ0n) is 12.0. The van der Waals surface area contributed by atoms with Crippen molar-refractivity contribution in [3.63, 3.8) is 0 Å². The van der Waals surface area contributed by atoms with Crippen molar-refractivity contribution < 1.29 is 4.74 Å². The molecule has 0 bridgehead atoms. The smallest absolute Gasteiger partial charge is 0.148 e. The standard InChI is InChI=1S/C18H18ClNO/c1-3-11-21-18-10-9-16(19)12-15(18)13-20-17-8-6-5-7-14(17)4-2/h1,5-10,12,20H,4,11,13H2,2H3. The maximum Gasteiger partial charge on any atom is 0.148 e. The van der Waals surface area contributed by atoms with E-state index in [1.807, 2.05) is 24.3 Å². The number of rotatable bonds is 6. The number of aryl methyl sites for hydroxylation is 1. The molecular formula is C18H18ClNO. The number of nitrogens with one attached hydrogen (secondary N) is 1. The van der Waals surface area contributed by atoms with Crippen molar-refractivity contribution in [3.8, 4) is 18.1 Å². The Morgan fingerprint density at radius 1 is 1.19 bits per heavy atom. The van der Waals surface area contributed by atoms with Crippen LogP contribution in [-0.2, 0) is 13.0 Å². The molecule has 0 aromatic heterocycles. The van der Waals surface area contributed by atoms with Crippen LogP contribution in [0, 0.1) is 12.3 Å². The molecule has 0 saturated carbocycles. The van der Waals surface area contributed by atoms with Crippen LogP contribution in [0.25, 0.3) is 0 Å². The SMILES string of the molecule is C#CCOc1ccc(Cl)cc1CNc1ccccc1CC. The Labute approximate surface area is 131 Å². The van der Waals surface area contributed by atoms with E-state index in [1.54, 1.807) is 6.07 Å². The van der Waals surface area contributed by atoms with E-state index in [2.05, 4.69) is 30.3 Å². The van der Waals surface area contributed by atoms with E-state index in [1.165, 1.54) is 5.56 Å². The van der Waals surface area contributed by atoms with Crippen molar-refractivity contribution in [2.45, 2.75) is 19.9 Å². The number of para-hydroxylation sites is 1. The fraction of sp³-hybridized carbons (Fsp3) is 0.222. The zero-order chi connectivity index (χ0) is 15.1. The minimum atomic E-state index is 0.250. The molecule has 2 nitrogen and oxygen atoms in total. The largest absolute Gasteiger partial charge is 0.481 e. The van der Waals surface area contributed by atoms with Crippen LogP contribution in [0.4, 0.5) is 5.69 Å². The van der Waals surface area contributed by atoms with Gasteiger partial charge in [0, 0.05) is 22.8 Å². The average molecular weight is 300 g/mol. The molecule has 0 aliphatic heterocycles. The van der Waals surface area contributed by atoms with Crippen LogP contribution in [-0.4, -0.2) is 6.61 Å². The van der Waals surface area contributed by atoms with E-state index in [-0.39, 0.29) is 6.61 Å². The molecule has 0 aliphatic carbocycles. The number of hydrogen-bond donors (Lipinski definition) is 1.